The highest BCUT2D eigenvalue weighted by molar-refractivity contribution is 7.78. The van der Waals surface area contributed by atoms with Gasteiger partial charge in [-0.2, -0.15) is 4.98 Å². The van der Waals surface area contributed by atoms with Crippen molar-refractivity contribution in [2.24, 2.45) is 0 Å². The first-order valence-electron chi connectivity index (χ1n) is 10.7. The van der Waals surface area contributed by atoms with Crippen LogP contribution in [-0.2, 0) is 6.42 Å². The maximum atomic E-state index is 6.50. The van der Waals surface area contributed by atoms with Crippen LogP contribution in [0.25, 0.3) is 0 Å². The Hall–Kier alpha value is -1.76. The number of anilines is 1. The van der Waals surface area contributed by atoms with Gasteiger partial charge in [-0.1, -0.05) is 43.5 Å². The van der Waals surface area contributed by atoms with Crippen LogP contribution >= 0.6 is 12.8 Å². The number of pyridine rings is 1. The first-order valence-corrected chi connectivity index (χ1v) is 11.2. The summed E-state index contributed by atoms with van der Waals surface area (Å²) < 4.78 is 9.48. The third-order valence-corrected chi connectivity index (χ3v) is 6.19. The lowest BCUT2D eigenvalue weighted by atomic mass is 10.0. The Morgan fingerprint density at radius 2 is 1.83 bits per heavy atom. The molecule has 2 N–H and O–H groups in total. The molecule has 2 aromatic rings. The number of aryl methyl sites for hydroxylation is 2. The van der Waals surface area contributed by atoms with E-state index in [1.165, 1.54) is 30.4 Å². The molecule has 1 saturated carbocycles. The molecule has 2 aliphatic rings. The zero-order chi connectivity index (χ0) is 20.3. The van der Waals surface area contributed by atoms with E-state index in [1.54, 1.807) is 0 Å². The van der Waals surface area contributed by atoms with Crippen molar-refractivity contribution >= 4 is 18.6 Å². The lowest BCUT2D eigenvalue weighted by Crippen LogP contribution is -2.35. The summed E-state index contributed by atoms with van der Waals surface area (Å²) in [5.41, 5.74) is 8.28. The van der Waals surface area contributed by atoms with Gasteiger partial charge in [0.1, 0.15) is 11.4 Å². The minimum Gasteiger partial charge on any atom is -0.469 e. The van der Waals surface area contributed by atoms with Gasteiger partial charge >= 0.3 is 0 Å². The number of ether oxygens (including phenoxy) is 1. The molecule has 1 aliphatic heterocycles. The van der Waals surface area contributed by atoms with Gasteiger partial charge in [0, 0.05) is 31.6 Å². The Labute approximate surface area is 179 Å². The van der Waals surface area contributed by atoms with E-state index in [-0.39, 0.29) is 5.60 Å². The fourth-order valence-corrected chi connectivity index (χ4v) is 4.24. The second-order valence-electron chi connectivity index (χ2n) is 8.50. The van der Waals surface area contributed by atoms with Gasteiger partial charge in [0.15, 0.2) is 0 Å². The highest BCUT2D eigenvalue weighted by Gasteiger charge is 2.46. The molecule has 2 heterocycles. The summed E-state index contributed by atoms with van der Waals surface area (Å²) in [4.78, 5) is 4.97. The van der Waals surface area contributed by atoms with Crippen LogP contribution in [0.1, 0.15) is 54.4 Å². The highest BCUT2D eigenvalue weighted by atomic mass is 32.1. The Morgan fingerprint density at radius 3 is 2.52 bits per heavy atom. The Bertz CT molecular complexity index is 847. The van der Waals surface area contributed by atoms with Crippen LogP contribution in [-0.4, -0.2) is 35.2 Å². The maximum absolute atomic E-state index is 6.50. The molecule has 4 rings (SSSR count). The number of aromatic nitrogens is 1. The molecule has 0 bridgehead atoms. The summed E-state index contributed by atoms with van der Waals surface area (Å²) in [6, 6.07) is 10.8. The van der Waals surface area contributed by atoms with Gasteiger partial charge in [0.25, 0.3) is 0 Å². The van der Waals surface area contributed by atoms with Gasteiger partial charge in [0.2, 0.25) is 5.88 Å². The number of nitrogens with zero attached hydrogens (tertiary/aromatic N) is 2. The van der Waals surface area contributed by atoms with Crippen LogP contribution in [0.2, 0.25) is 0 Å². The van der Waals surface area contributed by atoms with E-state index in [2.05, 4.69) is 72.2 Å². The van der Waals surface area contributed by atoms with Crippen LogP contribution < -0.4 is 14.9 Å². The summed E-state index contributed by atoms with van der Waals surface area (Å²) in [7, 11) is 0. The zero-order valence-electron chi connectivity index (χ0n) is 17.5. The van der Waals surface area contributed by atoms with Gasteiger partial charge in [-0.25, -0.2) is 5.01 Å². The maximum Gasteiger partial charge on any atom is 0.219 e. The lowest BCUT2D eigenvalue weighted by molar-refractivity contribution is 0.174. The molecule has 0 spiro atoms. The van der Waals surface area contributed by atoms with Crippen molar-refractivity contribution in [3.8, 4) is 5.88 Å². The van der Waals surface area contributed by atoms with Crippen LogP contribution in [0.4, 0.5) is 5.82 Å². The molecule has 2 fully saturated rings. The fraction of sp³-hybridized carbons (Fsp3) is 0.522. The number of hydrazine groups is 1. The van der Waals surface area contributed by atoms with E-state index < -0.39 is 0 Å². The Balaban J connectivity index is 1.63. The molecule has 0 unspecified atom stereocenters. The molecular weight excluding hydrogens is 380 g/mol. The molecular formula is C23H32N4OS. The van der Waals surface area contributed by atoms with Crippen LogP contribution in [0.15, 0.2) is 30.3 Å². The van der Waals surface area contributed by atoms with E-state index in [4.69, 9.17) is 9.72 Å². The van der Waals surface area contributed by atoms with Crippen molar-refractivity contribution < 1.29 is 4.74 Å². The molecule has 6 heteroatoms. The fourth-order valence-electron chi connectivity index (χ4n) is 3.95. The quantitative estimate of drug-likeness (QED) is 0.560. The average molecular weight is 413 g/mol. The van der Waals surface area contributed by atoms with Crippen LogP contribution in [0, 0.1) is 13.8 Å². The molecule has 0 amide bonds. The zero-order valence-corrected chi connectivity index (χ0v) is 18.4. The Morgan fingerprint density at radius 1 is 1.07 bits per heavy atom. The van der Waals surface area contributed by atoms with Crippen molar-refractivity contribution in [2.75, 3.05) is 25.1 Å². The van der Waals surface area contributed by atoms with Gasteiger partial charge in [0.05, 0.1) is 0 Å². The second-order valence-corrected chi connectivity index (χ2v) is 8.82. The lowest BCUT2D eigenvalue weighted by Gasteiger charge is -2.29. The Kier molecular flexibility index (Phi) is 6.32. The molecule has 29 heavy (non-hydrogen) atoms. The van der Waals surface area contributed by atoms with Crippen LogP contribution in [0.3, 0.4) is 0 Å². The number of piperidine rings is 1. The predicted octanol–water partition coefficient (Wildman–Crippen LogP) is 4.45. The minimum absolute atomic E-state index is 0.174. The molecule has 0 radical (unpaired) electrons. The summed E-state index contributed by atoms with van der Waals surface area (Å²) >= 11 is 4.19. The molecule has 156 valence electrons. The summed E-state index contributed by atoms with van der Waals surface area (Å²) in [5, 5.41) is 2.28. The number of benzene rings is 1. The topological polar surface area (TPSA) is 49.4 Å². The molecule has 0 atom stereocenters. The second kappa shape index (κ2) is 8.94. The van der Waals surface area contributed by atoms with E-state index in [0.717, 1.165) is 61.7 Å². The summed E-state index contributed by atoms with van der Waals surface area (Å²) in [6.45, 7) is 7.15. The number of hydrogen-bond acceptors (Lipinski definition) is 6. The molecule has 1 aromatic carbocycles. The van der Waals surface area contributed by atoms with Gasteiger partial charge < -0.3 is 10.2 Å². The van der Waals surface area contributed by atoms with E-state index >= 15 is 0 Å². The van der Waals surface area contributed by atoms with Crippen molar-refractivity contribution in [3.05, 3.63) is 52.6 Å². The monoisotopic (exact) mass is 412 g/mol. The largest absolute Gasteiger partial charge is 0.469 e. The molecule has 1 aliphatic carbocycles. The predicted molar refractivity (Wildman–Crippen MR) is 122 cm³/mol. The van der Waals surface area contributed by atoms with Crippen molar-refractivity contribution in [1.82, 2.24) is 14.7 Å². The van der Waals surface area contributed by atoms with E-state index in [9.17, 15) is 0 Å². The van der Waals surface area contributed by atoms with E-state index in [1.807, 2.05) is 0 Å². The van der Waals surface area contributed by atoms with Crippen molar-refractivity contribution in [1.29, 1.82) is 0 Å². The third-order valence-electron chi connectivity index (χ3n) is 6.04. The number of thiol groups is 1. The standard InChI is InChI=1S/C23H32N4OS/c1-17-8-4-5-9-19(17)15-20-14-18(2)21(26-27-12-6-3-7-13-27)25-22(20)28-23(10-11-23)16-24-29/h4-5,8-9,14,24,29H,3,6-7,10-13,15-16H2,1-2H3,(H,25,26). The average Bonchev–Trinajstić information content (AvgIpc) is 3.47. The molecule has 5 nitrogen and oxygen atoms in total. The summed E-state index contributed by atoms with van der Waals surface area (Å²) in [5.74, 6) is 1.66. The number of hydrogen-bond donors (Lipinski definition) is 3. The van der Waals surface area contributed by atoms with E-state index in [0.29, 0.717) is 0 Å². The van der Waals surface area contributed by atoms with Gasteiger partial charge in [-0.15, -0.1) is 0 Å². The minimum atomic E-state index is -0.174. The smallest absolute Gasteiger partial charge is 0.219 e. The van der Waals surface area contributed by atoms with Gasteiger partial charge in [-0.05, 0) is 62.3 Å². The highest BCUT2D eigenvalue weighted by Crippen LogP contribution is 2.41. The van der Waals surface area contributed by atoms with Crippen LogP contribution in [0.5, 0.6) is 5.88 Å². The number of nitrogens with one attached hydrogen (secondary N) is 2. The third kappa shape index (κ3) is 5.05. The SMILES string of the molecule is Cc1ccccc1Cc1cc(C)c(NN2CCCCC2)nc1OC1(CNS)CC1. The van der Waals surface area contributed by atoms with Gasteiger partial charge in [-0.3, -0.25) is 4.72 Å². The van der Waals surface area contributed by atoms with Crippen molar-refractivity contribution in [2.45, 2.75) is 58.0 Å². The first kappa shape index (κ1) is 20.5. The van der Waals surface area contributed by atoms with Crippen molar-refractivity contribution in [3.63, 3.8) is 0 Å². The normalized spacial score (nSPS) is 18.4. The molecule has 1 aromatic heterocycles. The number of rotatable bonds is 8. The first-order chi connectivity index (χ1) is 14.1. The molecule has 1 saturated heterocycles. The summed E-state index contributed by atoms with van der Waals surface area (Å²) in [6.07, 6.45) is 6.68.